The van der Waals surface area contributed by atoms with E-state index in [1.54, 1.807) is 0 Å². The molecule has 3 N–H and O–H groups in total. The summed E-state index contributed by atoms with van der Waals surface area (Å²) in [5.74, 6) is -0.0314. The van der Waals surface area contributed by atoms with Crippen LogP contribution in [0, 0.1) is 0 Å². The lowest BCUT2D eigenvalue weighted by molar-refractivity contribution is -0.143. The summed E-state index contributed by atoms with van der Waals surface area (Å²) in [5, 5.41) is 23.2. The van der Waals surface area contributed by atoms with E-state index in [9.17, 15) is 19.8 Å². The zero-order valence-corrected chi connectivity index (χ0v) is 44.0. The number of allylic oxidation sites excluding steroid dienone is 2. The third-order valence-electron chi connectivity index (χ3n) is 13.8. The quantitative estimate of drug-likeness (QED) is 0.0321. The van der Waals surface area contributed by atoms with Crippen LogP contribution in [0.4, 0.5) is 0 Å². The van der Waals surface area contributed by atoms with Gasteiger partial charge in [0.05, 0.1) is 25.4 Å². The summed E-state index contributed by atoms with van der Waals surface area (Å²) in [5.41, 5.74) is 0. The second-order valence-corrected chi connectivity index (χ2v) is 20.3. The minimum absolute atomic E-state index is 0.00738. The summed E-state index contributed by atoms with van der Waals surface area (Å²) in [6.07, 6.45) is 64.9. The maximum atomic E-state index is 12.4. The molecule has 0 rings (SSSR count). The molecule has 1 amide bonds. The Morgan fingerprint density at radius 3 is 1.09 bits per heavy atom. The van der Waals surface area contributed by atoms with E-state index in [1.807, 2.05) is 0 Å². The summed E-state index contributed by atoms with van der Waals surface area (Å²) in [6, 6.07) is -0.542. The number of carbonyl (C=O) groups excluding carboxylic acids is 2. The summed E-state index contributed by atoms with van der Waals surface area (Å²) in [4.78, 5) is 24.5. The molecular formula is C59H115NO5. The van der Waals surface area contributed by atoms with Crippen molar-refractivity contribution in [2.75, 3.05) is 13.2 Å². The number of amides is 1. The van der Waals surface area contributed by atoms with Gasteiger partial charge in [0.1, 0.15) is 0 Å². The molecule has 0 aromatic rings. The minimum atomic E-state index is -0.665. The maximum absolute atomic E-state index is 12.4. The predicted octanol–water partition coefficient (Wildman–Crippen LogP) is 18.1. The Hall–Kier alpha value is -1.40. The van der Waals surface area contributed by atoms with E-state index in [-0.39, 0.29) is 18.5 Å². The Labute approximate surface area is 406 Å². The first-order chi connectivity index (χ1) is 32.0. The van der Waals surface area contributed by atoms with Gasteiger partial charge in [-0.3, -0.25) is 9.59 Å². The van der Waals surface area contributed by atoms with Crippen molar-refractivity contribution in [3.8, 4) is 0 Å². The second-order valence-electron chi connectivity index (χ2n) is 20.3. The molecule has 0 heterocycles. The summed E-state index contributed by atoms with van der Waals surface area (Å²) >= 11 is 0. The first-order valence-electron chi connectivity index (χ1n) is 29.4. The SMILES string of the molecule is CCCCCCCC/C=C\CCCCCCCCCCCC(=O)OCCCCCCCCCCCCCCCCCCCCC(=O)NC(CO)C(O)CCCCCCCCCCCCC. The standard InChI is InChI=1S/C59H115NO5/c1-3-5-7-9-11-13-15-16-17-18-19-23-26-29-33-37-41-45-49-53-59(64)65-54-50-46-42-38-34-30-27-24-21-20-22-25-28-32-36-40-44-48-52-58(63)60-56(55-61)57(62)51-47-43-39-35-31-14-12-10-8-6-4-2/h16-17,56-57,61-62H,3-15,18-55H2,1-2H3,(H,60,63)/b17-16-. The minimum Gasteiger partial charge on any atom is -0.466 e. The number of nitrogens with one attached hydrogen (secondary N) is 1. The molecule has 386 valence electrons. The van der Waals surface area contributed by atoms with Gasteiger partial charge in [-0.05, 0) is 51.4 Å². The van der Waals surface area contributed by atoms with E-state index in [0.29, 0.717) is 25.9 Å². The van der Waals surface area contributed by atoms with Crippen LogP contribution in [0.25, 0.3) is 0 Å². The number of hydrogen-bond donors (Lipinski definition) is 3. The zero-order valence-electron chi connectivity index (χ0n) is 44.0. The van der Waals surface area contributed by atoms with E-state index < -0.39 is 12.1 Å². The highest BCUT2D eigenvalue weighted by Gasteiger charge is 2.20. The summed E-state index contributed by atoms with van der Waals surface area (Å²) < 4.78 is 5.49. The molecule has 2 atom stereocenters. The van der Waals surface area contributed by atoms with Crippen LogP contribution in [0.2, 0.25) is 0 Å². The Bertz CT molecular complexity index is 970. The van der Waals surface area contributed by atoms with E-state index in [0.717, 1.165) is 44.9 Å². The van der Waals surface area contributed by atoms with Crippen molar-refractivity contribution in [3.63, 3.8) is 0 Å². The molecule has 0 bridgehead atoms. The van der Waals surface area contributed by atoms with Crippen LogP contribution in [0.15, 0.2) is 12.2 Å². The number of esters is 1. The normalized spacial score (nSPS) is 12.6. The van der Waals surface area contributed by atoms with E-state index in [4.69, 9.17) is 4.74 Å². The van der Waals surface area contributed by atoms with Gasteiger partial charge in [-0.1, -0.05) is 276 Å². The molecule has 0 aromatic heterocycles. The molecule has 6 nitrogen and oxygen atoms in total. The van der Waals surface area contributed by atoms with Gasteiger partial charge >= 0.3 is 5.97 Å². The lowest BCUT2D eigenvalue weighted by Gasteiger charge is -2.22. The third-order valence-corrected chi connectivity index (χ3v) is 13.8. The number of hydrogen-bond acceptors (Lipinski definition) is 5. The average Bonchev–Trinajstić information content (AvgIpc) is 3.31. The third kappa shape index (κ3) is 51.8. The Morgan fingerprint density at radius 1 is 0.415 bits per heavy atom. The van der Waals surface area contributed by atoms with Crippen LogP contribution in [0.3, 0.4) is 0 Å². The number of carbonyl (C=O) groups is 2. The van der Waals surface area contributed by atoms with Crippen LogP contribution in [0.5, 0.6) is 0 Å². The molecule has 0 aliphatic carbocycles. The number of ether oxygens (including phenoxy) is 1. The van der Waals surface area contributed by atoms with Crippen molar-refractivity contribution in [1.29, 1.82) is 0 Å². The fraction of sp³-hybridized carbons (Fsp3) is 0.932. The van der Waals surface area contributed by atoms with E-state index >= 15 is 0 Å². The highest BCUT2D eigenvalue weighted by molar-refractivity contribution is 5.76. The summed E-state index contributed by atoms with van der Waals surface area (Å²) in [6.45, 7) is 4.95. The van der Waals surface area contributed by atoms with Crippen molar-refractivity contribution in [2.24, 2.45) is 0 Å². The Balaban J connectivity index is 3.36. The fourth-order valence-electron chi connectivity index (χ4n) is 9.28. The van der Waals surface area contributed by atoms with Gasteiger partial charge in [-0.25, -0.2) is 0 Å². The average molecular weight is 919 g/mol. The van der Waals surface area contributed by atoms with E-state index in [2.05, 4.69) is 31.3 Å². The topological polar surface area (TPSA) is 95.9 Å². The highest BCUT2D eigenvalue weighted by atomic mass is 16.5. The number of rotatable bonds is 55. The van der Waals surface area contributed by atoms with Gasteiger partial charge < -0.3 is 20.3 Å². The van der Waals surface area contributed by atoms with Crippen molar-refractivity contribution < 1.29 is 24.5 Å². The number of unbranched alkanes of at least 4 members (excludes halogenated alkanes) is 42. The molecule has 0 saturated heterocycles. The van der Waals surface area contributed by atoms with Crippen LogP contribution < -0.4 is 5.32 Å². The lowest BCUT2D eigenvalue weighted by Crippen LogP contribution is -2.45. The molecular weight excluding hydrogens is 803 g/mol. The van der Waals surface area contributed by atoms with Crippen LogP contribution in [-0.4, -0.2) is 47.4 Å². The molecule has 0 aliphatic heterocycles. The zero-order chi connectivity index (χ0) is 47.2. The van der Waals surface area contributed by atoms with Gasteiger partial charge in [0, 0.05) is 12.8 Å². The van der Waals surface area contributed by atoms with Gasteiger partial charge in [-0.15, -0.1) is 0 Å². The number of aliphatic hydroxyl groups excluding tert-OH is 2. The van der Waals surface area contributed by atoms with Crippen LogP contribution in [-0.2, 0) is 14.3 Å². The first-order valence-corrected chi connectivity index (χ1v) is 29.4. The van der Waals surface area contributed by atoms with Crippen molar-refractivity contribution in [1.82, 2.24) is 5.32 Å². The molecule has 0 saturated carbocycles. The molecule has 2 unspecified atom stereocenters. The molecule has 6 heteroatoms. The number of aliphatic hydroxyl groups is 2. The maximum Gasteiger partial charge on any atom is 0.305 e. The van der Waals surface area contributed by atoms with Gasteiger partial charge in [-0.2, -0.15) is 0 Å². The largest absolute Gasteiger partial charge is 0.466 e. The Kier molecular flexibility index (Phi) is 54.0. The predicted molar refractivity (Wildman–Crippen MR) is 283 cm³/mol. The lowest BCUT2D eigenvalue weighted by atomic mass is 10.0. The van der Waals surface area contributed by atoms with Crippen molar-refractivity contribution in [2.45, 2.75) is 341 Å². The molecule has 65 heavy (non-hydrogen) atoms. The fourth-order valence-corrected chi connectivity index (χ4v) is 9.28. The molecule has 0 spiro atoms. The first kappa shape index (κ1) is 63.6. The molecule has 0 aromatic carbocycles. The van der Waals surface area contributed by atoms with Crippen molar-refractivity contribution in [3.05, 3.63) is 12.2 Å². The Morgan fingerprint density at radius 2 is 0.723 bits per heavy atom. The van der Waals surface area contributed by atoms with Crippen molar-refractivity contribution >= 4 is 11.9 Å². The highest BCUT2D eigenvalue weighted by Crippen LogP contribution is 2.17. The van der Waals surface area contributed by atoms with Gasteiger partial charge in [0.15, 0.2) is 0 Å². The molecule has 0 fully saturated rings. The van der Waals surface area contributed by atoms with Crippen LogP contribution in [0.1, 0.15) is 328 Å². The molecule has 0 aliphatic rings. The monoisotopic (exact) mass is 918 g/mol. The summed E-state index contributed by atoms with van der Waals surface area (Å²) in [7, 11) is 0. The van der Waals surface area contributed by atoms with Crippen LogP contribution >= 0.6 is 0 Å². The molecule has 0 radical (unpaired) electrons. The smallest absolute Gasteiger partial charge is 0.305 e. The van der Waals surface area contributed by atoms with Gasteiger partial charge in [0.25, 0.3) is 0 Å². The van der Waals surface area contributed by atoms with E-state index in [1.165, 1.54) is 250 Å². The van der Waals surface area contributed by atoms with Gasteiger partial charge in [0.2, 0.25) is 5.91 Å². The second kappa shape index (κ2) is 55.2.